The Balaban J connectivity index is 6.48. The molecule has 1 unspecified atom stereocenters. The molecule has 0 aromatic heterocycles. The zero-order valence-corrected chi connectivity index (χ0v) is 15.7. The van der Waals surface area contributed by atoms with Gasteiger partial charge in [0, 0.05) is 13.1 Å². The van der Waals surface area contributed by atoms with Crippen LogP contribution >= 0.6 is 0 Å². The maximum atomic E-state index is 13.7. The third kappa shape index (κ3) is 6.43. The summed E-state index contributed by atoms with van der Waals surface area (Å²) in [6, 6.07) is 0. The van der Waals surface area contributed by atoms with Gasteiger partial charge in [0.05, 0.1) is 0 Å². The Morgan fingerprint density at radius 1 is 1.21 bits per heavy atom. The van der Waals surface area contributed by atoms with Gasteiger partial charge in [-0.3, -0.25) is 9.35 Å². The van der Waals surface area contributed by atoms with Gasteiger partial charge in [-0.2, -0.15) is 34.8 Å². The van der Waals surface area contributed by atoms with Crippen LogP contribution in [0.3, 0.4) is 0 Å². The standard InChI is InChI=1S/C14H17F6NO7S/c1-4-6-21(7-5-2)11(23)13(14(18,19)20,28-10(22)9(3)15)27-8-12(16,17)29(24,25)26/h4H,1,3,5-8H2,2H3,(H,24,25,26). The maximum absolute atomic E-state index is 13.7. The summed E-state index contributed by atoms with van der Waals surface area (Å²) in [6.07, 6.45) is -5.10. The smallest absolute Gasteiger partial charge is 0.410 e. The van der Waals surface area contributed by atoms with Gasteiger partial charge in [-0.05, 0) is 6.42 Å². The lowest BCUT2D eigenvalue weighted by atomic mass is 10.2. The van der Waals surface area contributed by atoms with Crippen LogP contribution in [0.4, 0.5) is 26.3 Å². The molecular formula is C14H17F6NO7S. The summed E-state index contributed by atoms with van der Waals surface area (Å²) in [7, 11) is -6.28. The van der Waals surface area contributed by atoms with Gasteiger partial charge in [0.2, 0.25) is 5.83 Å². The van der Waals surface area contributed by atoms with Crippen molar-refractivity contribution < 1.29 is 58.4 Å². The van der Waals surface area contributed by atoms with Crippen LogP contribution in [-0.2, 0) is 29.2 Å². The van der Waals surface area contributed by atoms with E-state index in [0.717, 1.165) is 6.08 Å². The molecule has 0 fully saturated rings. The lowest BCUT2D eigenvalue weighted by Crippen LogP contribution is -2.63. The summed E-state index contributed by atoms with van der Waals surface area (Å²) in [5, 5.41) is -5.34. The molecule has 0 radical (unpaired) electrons. The summed E-state index contributed by atoms with van der Waals surface area (Å²) >= 11 is 0. The zero-order valence-electron chi connectivity index (χ0n) is 14.8. The number of hydrogen-bond donors (Lipinski definition) is 1. The molecule has 0 aliphatic carbocycles. The van der Waals surface area contributed by atoms with E-state index in [-0.39, 0.29) is 6.42 Å². The summed E-state index contributed by atoms with van der Waals surface area (Å²) in [5.41, 5.74) is 0. The Bertz CT molecular complexity index is 752. The van der Waals surface area contributed by atoms with Gasteiger partial charge in [0.25, 0.3) is 0 Å². The molecule has 0 bridgehead atoms. The molecule has 168 valence electrons. The summed E-state index contributed by atoms with van der Waals surface area (Å²) in [5.74, 6) is -11.8. The van der Waals surface area contributed by atoms with Crippen molar-refractivity contribution in [1.29, 1.82) is 0 Å². The van der Waals surface area contributed by atoms with Crippen LogP contribution < -0.4 is 0 Å². The Morgan fingerprint density at radius 2 is 1.72 bits per heavy atom. The molecule has 0 spiro atoms. The largest absolute Gasteiger partial charge is 0.466 e. The van der Waals surface area contributed by atoms with Crippen molar-refractivity contribution in [3.63, 3.8) is 0 Å². The molecule has 1 atom stereocenters. The third-order valence-electron chi connectivity index (χ3n) is 3.06. The van der Waals surface area contributed by atoms with E-state index in [1.54, 1.807) is 0 Å². The summed E-state index contributed by atoms with van der Waals surface area (Å²) < 4.78 is 118. The molecule has 1 N–H and O–H groups in total. The van der Waals surface area contributed by atoms with Crippen LogP contribution in [0.25, 0.3) is 0 Å². The van der Waals surface area contributed by atoms with Crippen molar-refractivity contribution >= 4 is 22.0 Å². The van der Waals surface area contributed by atoms with Gasteiger partial charge in [-0.25, -0.2) is 4.79 Å². The molecular weight excluding hydrogens is 440 g/mol. The van der Waals surface area contributed by atoms with Crippen LogP contribution in [-0.4, -0.2) is 66.7 Å². The number of nitrogens with zero attached hydrogens (tertiary/aromatic N) is 1. The monoisotopic (exact) mass is 457 g/mol. The van der Waals surface area contributed by atoms with Crippen molar-refractivity contribution in [3.05, 3.63) is 25.1 Å². The number of amides is 1. The quantitative estimate of drug-likeness (QED) is 0.126. The SMILES string of the molecule is C=CCN(CCC)C(=O)C(OCC(F)(F)S(=O)(=O)O)(OC(=O)C(=C)F)C(F)(F)F. The molecule has 0 aliphatic heterocycles. The lowest BCUT2D eigenvalue weighted by Gasteiger charge is -2.37. The van der Waals surface area contributed by atoms with Crippen molar-refractivity contribution in [1.82, 2.24) is 4.90 Å². The molecule has 8 nitrogen and oxygen atoms in total. The predicted molar refractivity (Wildman–Crippen MR) is 84.6 cm³/mol. The first-order valence-electron chi connectivity index (χ1n) is 7.50. The highest BCUT2D eigenvalue weighted by Gasteiger charge is 2.68. The molecule has 0 saturated carbocycles. The minimum Gasteiger partial charge on any atom is -0.410 e. The minimum absolute atomic E-state index is 0.0401. The van der Waals surface area contributed by atoms with Gasteiger partial charge in [-0.15, -0.1) is 6.58 Å². The van der Waals surface area contributed by atoms with E-state index in [1.807, 2.05) is 0 Å². The number of alkyl halides is 5. The van der Waals surface area contributed by atoms with E-state index in [0.29, 0.717) is 4.90 Å². The highest BCUT2D eigenvalue weighted by molar-refractivity contribution is 7.86. The lowest BCUT2D eigenvalue weighted by molar-refractivity contribution is -0.356. The Hall–Kier alpha value is -2.13. The van der Waals surface area contributed by atoms with Crippen molar-refractivity contribution in [3.8, 4) is 0 Å². The topological polar surface area (TPSA) is 110 Å². The highest BCUT2D eigenvalue weighted by atomic mass is 32.2. The maximum Gasteiger partial charge on any atom is 0.466 e. The molecule has 1 amide bonds. The average Bonchev–Trinajstić information content (AvgIpc) is 2.55. The van der Waals surface area contributed by atoms with E-state index in [4.69, 9.17) is 4.55 Å². The van der Waals surface area contributed by atoms with Crippen LogP contribution in [0.2, 0.25) is 0 Å². The van der Waals surface area contributed by atoms with E-state index in [1.165, 1.54) is 6.92 Å². The van der Waals surface area contributed by atoms with Crippen LogP contribution in [0, 0.1) is 0 Å². The van der Waals surface area contributed by atoms with E-state index >= 15 is 0 Å². The number of carbonyl (C=O) groups excluding carboxylic acids is 2. The van der Waals surface area contributed by atoms with Crippen LogP contribution in [0.5, 0.6) is 0 Å². The van der Waals surface area contributed by atoms with Gasteiger partial charge < -0.3 is 14.4 Å². The Labute approximate surface area is 161 Å². The average molecular weight is 457 g/mol. The number of rotatable bonds is 11. The molecule has 15 heteroatoms. The van der Waals surface area contributed by atoms with Gasteiger partial charge in [-0.1, -0.05) is 19.6 Å². The van der Waals surface area contributed by atoms with Gasteiger partial charge in [0.1, 0.15) is 6.61 Å². The normalized spacial score (nSPS) is 14.6. The number of esters is 1. The van der Waals surface area contributed by atoms with Gasteiger partial charge >= 0.3 is 39.2 Å². The fraction of sp³-hybridized carbons (Fsp3) is 0.571. The fourth-order valence-corrected chi connectivity index (χ4v) is 1.96. The van der Waals surface area contributed by atoms with E-state index in [2.05, 4.69) is 22.6 Å². The molecule has 29 heavy (non-hydrogen) atoms. The number of ether oxygens (including phenoxy) is 2. The summed E-state index contributed by atoms with van der Waals surface area (Å²) in [4.78, 5) is 24.1. The second-order valence-electron chi connectivity index (χ2n) is 5.35. The highest BCUT2D eigenvalue weighted by Crippen LogP contribution is 2.39. The zero-order chi connectivity index (χ0) is 23.3. The first-order valence-corrected chi connectivity index (χ1v) is 8.94. The third-order valence-corrected chi connectivity index (χ3v) is 3.94. The first kappa shape index (κ1) is 26.9. The van der Waals surface area contributed by atoms with Crippen molar-refractivity contribution in [2.24, 2.45) is 0 Å². The Kier molecular flexibility index (Phi) is 8.88. The molecule has 0 aromatic rings. The number of carbonyl (C=O) groups is 2. The molecule has 0 aliphatic rings. The van der Waals surface area contributed by atoms with Crippen molar-refractivity contribution in [2.45, 2.75) is 30.6 Å². The number of halogens is 6. The Morgan fingerprint density at radius 3 is 2.07 bits per heavy atom. The molecule has 0 saturated heterocycles. The van der Waals surface area contributed by atoms with Gasteiger partial charge in [0.15, 0.2) is 0 Å². The fourth-order valence-electron chi connectivity index (χ4n) is 1.75. The molecule has 0 aromatic carbocycles. The summed E-state index contributed by atoms with van der Waals surface area (Å²) in [6.45, 7) is 3.16. The van der Waals surface area contributed by atoms with Crippen molar-refractivity contribution in [2.75, 3.05) is 19.7 Å². The van der Waals surface area contributed by atoms with Crippen LogP contribution in [0.15, 0.2) is 25.1 Å². The molecule has 0 rings (SSSR count). The van der Waals surface area contributed by atoms with E-state index in [9.17, 15) is 44.3 Å². The second-order valence-corrected chi connectivity index (χ2v) is 6.90. The minimum atomic E-state index is -6.28. The number of hydrogen-bond acceptors (Lipinski definition) is 6. The predicted octanol–water partition coefficient (Wildman–Crippen LogP) is 2.19. The first-order chi connectivity index (χ1) is 13.0. The van der Waals surface area contributed by atoms with E-state index < -0.39 is 64.7 Å². The van der Waals surface area contributed by atoms with Crippen LogP contribution in [0.1, 0.15) is 13.3 Å². The molecule has 0 heterocycles. The second kappa shape index (κ2) is 9.58.